The lowest BCUT2D eigenvalue weighted by atomic mass is 9.83. The number of carbonyl (C=O) groups is 3. The van der Waals surface area contributed by atoms with Crippen molar-refractivity contribution in [1.82, 2.24) is 0 Å². The van der Waals surface area contributed by atoms with E-state index < -0.39 is 5.97 Å². The molecule has 3 rings (SSSR count). The molecular weight excluding hydrogens is 370 g/mol. The molecular formula is C23H23NO5. The highest BCUT2D eigenvalue weighted by molar-refractivity contribution is 5.94. The summed E-state index contributed by atoms with van der Waals surface area (Å²) >= 11 is 0. The van der Waals surface area contributed by atoms with Gasteiger partial charge in [-0.1, -0.05) is 44.2 Å². The van der Waals surface area contributed by atoms with E-state index in [4.69, 9.17) is 9.47 Å². The molecule has 0 aromatic heterocycles. The van der Waals surface area contributed by atoms with Gasteiger partial charge >= 0.3 is 5.97 Å². The van der Waals surface area contributed by atoms with Crippen LogP contribution in [-0.4, -0.2) is 38.3 Å². The van der Waals surface area contributed by atoms with Crippen LogP contribution in [0.15, 0.2) is 60.3 Å². The van der Waals surface area contributed by atoms with E-state index >= 15 is 0 Å². The SMILES string of the molecule is CN1/C(=C/C(=O)COC(=O)COc2ccccc2C=O)C(C)(C)c2ccccc21. The molecule has 0 N–H and O–H groups in total. The van der Waals surface area contributed by atoms with Gasteiger partial charge in [0.05, 0.1) is 5.56 Å². The number of benzene rings is 2. The van der Waals surface area contributed by atoms with Crippen molar-refractivity contribution in [3.63, 3.8) is 0 Å². The quantitative estimate of drug-likeness (QED) is 0.408. The van der Waals surface area contributed by atoms with Crippen molar-refractivity contribution in [3.8, 4) is 5.75 Å². The zero-order chi connectivity index (χ0) is 21.0. The Kier molecular flexibility index (Phi) is 5.82. The third-order valence-corrected chi connectivity index (χ3v) is 5.01. The molecule has 0 saturated carbocycles. The highest BCUT2D eigenvalue weighted by Gasteiger charge is 2.38. The topological polar surface area (TPSA) is 72.9 Å². The number of anilines is 1. The normalized spacial score (nSPS) is 15.7. The highest BCUT2D eigenvalue weighted by Crippen LogP contribution is 2.46. The Morgan fingerprint density at radius 1 is 1.03 bits per heavy atom. The Morgan fingerprint density at radius 2 is 1.72 bits per heavy atom. The molecule has 2 aromatic rings. The monoisotopic (exact) mass is 393 g/mol. The lowest BCUT2D eigenvalue weighted by Crippen LogP contribution is -2.25. The van der Waals surface area contributed by atoms with Crippen LogP contribution in [0.3, 0.4) is 0 Å². The van der Waals surface area contributed by atoms with E-state index in [9.17, 15) is 14.4 Å². The van der Waals surface area contributed by atoms with Crippen molar-refractivity contribution in [2.75, 3.05) is 25.2 Å². The Labute approximate surface area is 169 Å². The molecule has 29 heavy (non-hydrogen) atoms. The van der Waals surface area contributed by atoms with Gasteiger partial charge in [0.2, 0.25) is 0 Å². The molecule has 0 unspecified atom stereocenters. The smallest absolute Gasteiger partial charge is 0.344 e. The van der Waals surface area contributed by atoms with E-state index in [1.54, 1.807) is 24.3 Å². The van der Waals surface area contributed by atoms with Crippen molar-refractivity contribution >= 4 is 23.7 Å². The lowest BCUT2D eigenvalue weighted by molar-refractivity contribution is -0.148. The number of hydrogen-bond donors (Lipinski definition) is 0. The fourth-order valence-corrected chi connectivity index (χ4v) is 3.49. The van der Waals surface area contributed by atoms with Gasteiger partial charge in [0, 0.05) is 29.9 Å². The van der Waals surface area contributed by atoms with Crippen LogP contribution >= 0.6 is 0 Å². The molecule has 2 aromatic carbocycles. The molecule has 0 fully saturated rings. The predicted molar refractivity (Wildman–Crippen MR) is 109 cm³/mol. The van der Waals surface area contributed by atoms with E-state index in [-0.39, 0.29) is 24.4 Å². The Bertz CT molecular complexity index is 977. The summed E-state index contributed by atoms with van der Waals surface area (Å²) in [5.41, 5.74) is 3.05. The van der Waals surface area contributed by atoms with Crippen LogP contribution < -0.4 is 9.64 Å². The molecule has 0 aliphatic carbocycles. The molecule has 1 heterocycles. The second kappa shape index (κ2) is 8.31. The molecule has 0 saturated heterocycles. The summed E-state index contributed by atoms with van der Waals surface area (Å²) in [6.07, 6.45) is 2.17. The highest BCUT2D eigenvalue weighted by atomic mass is 16.6. The summed E-state index contributed by atoms with van der Waals surface area (Å²) in [7, 11) is 1.91. The number of aldehydes is 1. The number of nitrogens with zero attached hydrogens (tertiary/aromatic N) is 1. The first-order chi connectivity index (χ1) is 13.8. The average molecular weight is 393 g/mol. The minimum atomic E-state index is -0.681. The van der Waals surface area contributed by atoms with E-state index in [2.05, 4.69) is 13.8 Å². The van der Waals surface area contributed by atoms with Crippen LogP contribution in [0.5, 0.6) is 5.75 Å². The van der Waals surface area contributed by atoms with Crippen LogP contribution in [-0.2, 0) is 19.7 Å². The Morgan fingerprint density at radius 3 is 2.45 bits per heavy atom. The molecule has 1 aliphatic heterocycles. The number of allylic oxidation sites excluding steroid dienone is 1. The molecule has 1 aliphatic rings. The maximum absolute atomic E-state index is 12.4. The summed E-state index contributed by atoms with van der Waals surface area (Å²) in [4.78, 5) is 37.2. The Balaban J connectivity index is 1.58. The molecule has 0 radical (unpaired) electrons. The maximum Gasteiger partial charge on any atom is 0.344 e. The number of likely N-dealkylation sites (N-methyl/N-ethyl adjacent to an activating group) is 1. The van der Waals surface area contributed by atoms with Gasteiger partial charge in [-0.3, -0.25) is 9.59 Å². The van der Waals surface area contributed by atoms with E-state index in [1.807, 2.05) is 36.2 Å². The van der Waals surface area contributed by atoms with Crippen LogP contribution in [0.4, 0.5) is 5.69 Å². The van der Waals surface area contributed by atoms with Gasteiger partial charge in [0.1, 0.15) is 5.75 Å². The zero-order valence-corrected chi connectivity index (χ0v) is 16.7. The fraction of sp³-hybridized carbons (Fsp3) is 0.261. The van der Waals surface area contributed by atoms with Crippen molar-refractivity contribution < 1.29 is 23.9 Å². The van der Waals surface area contributed by atoms with Gasteiger partial charge in [0.25, 0.3) is 0 Å². The van der Waals surface area contributed by atoms with Gasteiger partial charge in [0.15, 0.2) is 25.3 Å². The molecule has 0 bridgehead atoms. The zero-order valence-electron chi connectivity index (χ0n) is 16.7. The number of ether oxygens (including phenoxy) is 2. The van der Waals surface area contributed by atoms with Crippen molar-refractivity contribution in [1.29, 1.82) is 0 Å². The van der Waals surface area contributed by atoms with Crippen LogP contribution in [0, 0.1) is 0 Å². The second-order valence-electron chi connectivity index (χ2n) is 7.30. The summed E-state index contributed by atoms with van der Waals surface area (Å²) in [5, 5.41) is 0. The molecule has 6 heteroatoms. The van der Waals surface area contributed by atoms with Crippen molar-refractivity contribution in [2.24, 2.45) is 0 Å². The van der Waals surface area contributed by atoms with E-state index in [1.165, 1.54) is 6.08 Å². The molecule has 6 nitrogen and oxygen atoms in total. The van der Waals surface area contributed by atoms with Crippen LogP contribution in [0.2, 0.25) is 0 Å². The van der Waals surface area contributed by atoms with E-state index in [0.29, 0.717) is 17.6 Å². The number of hydrogen-bond acceptors (Lipinski definition) is 6. The fourth-order valence-electron chi connectivity index (χ4n) is 3.49. The lowest BCUT2D eigenvalue weighted by Gasteiger charge is -2.23. The van der Waals surface area contributed by atoms with Crippen molar-refractivity contribution in [2.45, 2.75) is 19.3 Å². The van der Waals surface area contributed by atoms with Crippen LogP contribution in [0.25, 0.3) is 0 Å². The molecule has 0 spiro atoms. The van der Waals surface area contributed by atoms with Gasteiger partial charge in [-0.15, -0.1) is 0 Å². The predicted octanol–water partition coefficient (Wildman–Crippen LogP) is 3.30. The first-order valence-electron chi connectivity index (χ1n) is 9.25. The summed E-state index contributed by atoms with van der Waals surface area (Å²) in [5.74, 6) is -0.700. The number of fused-ring (bicyclic) bond motifs is 1. The summed E-state index contributed by atoms with van der Waals surface area (Å²) in [6.45, 7) is 3.35. The Hall–Kier alpha value is -3.41. The number of esters is 1. The molecule has 0 amide bonds. The third kappa shape index (κ3) is 4.21. The van der Waals surface area contributed by atoms with E-state index in [0.717, 1.165) is 16.9 Å². The minimum absolute atomic E-state index is 0.292. The van der Waals surface area contributed by atoms with Crippen molar-refractivity contribution in [3.05, 3.63) is 71.4 Å². The standard InChI is InChI=1S/C23H23NO5/c1-23(2)18-9-5-6-10-19(18)24(3)21(23)12-17(26)14-29-22(27)15-28-20-11-7-4-8-16(20)13-25/h4-13H,14-15H2,1-3H3/b21-12+. The van der Waals surface area contributed by atoms with Gasteiger partial charge in [-0.25, -0.2) is 4.79 Å². The first kappa shape index (κ1) is 20.3. The van der Waals surface area contributed by atoms with Gasteiger partial charge in [-0.2, -0.15) is 0 Å². The molecule has 150 valence electrons. The third-order valence-electron chi connectivity index (χ3n) is 5.01. The average Bonchev–Trinajstić information content (AvgIpc) is 2.92. The molecule has 0 atom stereocenters. The second-order valence-corrected chi connectivity index (χ2v) is 7.30. The number of carbonyl (C=O) groups excluding carboxylic acids is 3. The largest absolute Gasteiger partial charge is 0.481 e. The number of rotatable bonds is 7. The van der Waals surface area contributed by atoms with Crippen LogP contribution in [0.1, 0.15) is 29.8 Å². The summed E-state index contributed by atoms with van der Waals surface area (Å²) in [6, 6.07) is 14.6. The number of ketones is 1. The summed E-state index contributed by atoms with van der Waals surface area (Å²) < 4.78 is 10.3. The first-order valence-corrected chi connectivity index (χ1v) is 9.25. The number of para-hydroxylation sites is 2. The van der Waals surface area contributed by atoms with Gasteiger partial charge in [-0.05, 0) is 23.8 Å². The maximum atomic E-state index is 12.4. The minimum Gasteiger partial charge on any atom is -0.481 e. The van der Waals surface area contributed by atoms with Gasteiger partial charge < -0.3 is 14.4 Å².